The van der Waals surface area contributed by atoms with Crippen LogP contribution in [0.5, 0.6) is 0 Å². The number of anilines is 1. The van der Waals surface area contributed by atoms with Crippen LogP contribution in [0.25, 0.3) is 0 Å². The Morgan fingerprint density at radius 2 is 1.34 bits per heavy atom. The van der Waals surface area contributed by atoms with Crippen molar-refractivity contribution in [3.8, 4) is 0 Å². The van der Waals surface area contributed by atoms with E-state index in [4.69, 9.17) is 11.6 Å². The minimum Gasteiger partial charge on any atom is -0.316 e. The second-order valence-electron chi connectivity index (χ2n) is 8.46. The first-order valence-electron chi connectivity index (χ1n) is 11.2. The molecule has 1 saturated heterocycles. The molecule has 0 aromatic heterocycles. The zero-order valence-corrected chi connectivity index (χ0v) is 19.3. The molecular weight excluding hydrogens is 418 g/mol. The Kier molecular flexibility index (Phi) is 7.46. The number of hydrogen-bond donors (Lipinski definition) is 0. The van der Waals surface area contributed by atoms with Crippen molar-refractivity contribution in [3.63, 3.8) is 0 Å². The molecule has 0 unspecified atom stereocenters. The van der Waals surface area contributed by atoms with Gasteiger partial charge in [0.25, 0.3) is 0 Å². The Hall–Kier alpha value is -2.82. The summed E-state index contributed by atoms with van der Waals surface area (Å²) in [7, 11) is 1.83. The van der Waals surface area contributed by atoms with Crippen molar-refractivity contribution >= 4 is 23.3 Å². The molecule has 3 aromatic carbocycles. The molecule has 0 radical (unpaired) electrons. The molecule has 1 heterocycles. The number of likely N-dealkylation sites (tertiary alicyclic amines) is 1. The van der Waals surface area contributed by atoms with Gasteiger partial charge in [0.2, 0.25) is 0 Å². The maximum Gasteiger partial charge on any atom is 0.324 e. The van der Waals surface area contributed by atoms with Gasteiger partial charge in [0.15, 0.2) is 0 Å². The highest BCUT2D eigenvalue weighted by atomic mass is 35.5. The third-order valence-corrected chi connectivity index (χ3v) is 6.24. The lowest BCUT2D eigenvalue weighted by Gasteiger charge is -2.29. The summed E-state index contributed by atoms with van der Waals surface area (Å²) in [6, 6.07) is 26.1. The predicted molar refractivity (Wildman–Crippen MR) is 132 cm³/mol. The molecule has 0 aliphatic carbocycles. The van der Waals surface area contributed by atoms with Crippen LogP contribution >= 0.6 is 11.6 Å². The van der Waals surface area contributed by atoms with Crippen LogP contribution in [-0.4, -0.2) is 36.0 Å². The predicted octanol–water partition coefficient (Wildman–Crippen LogP) is 6.19. The lowest BCUT2D eigenvalue weighted by atomic mass is 10.1. The van der Waals surface area contributed by atoms with Crippen LogP contribution in [0.1, 0.15) is 29.5 Å². The molecule has 0 bridgehead atoms. The Balaban J connectivity index is 1.50. The van der Waals surface area contributed by atoms with Crippen molar-refractivity contribution in [2.75, 3.05) is 25.0 Å². The van der Waals surface area contributed by atoms with Crippen LogP contribution in [0, 0.1) is 0 Å². The van der Waals surface area contributed by atoms with E-state index < -0.39 is 0 Å². The number of carbonyl (C=O) groups is 1. The van der Waals surface area contributed by atoms with Gasteiger partial charge in [-0.1, -0.05) is 66.2 Å². The summed E-state index contributed by atoms with van der Waals surface area (Å²) >= 11 is 6.05. The molecular formula is C27H30ClN3O. The van der Waals surface area contributed by atoms with Crippen LogP contribution in [0.15, 0.2) is 78.9 Å². The van der Waals surface area contributed by atoms with Gasteiger partial charge >= 0.3 is 6.03 Å². The van der Waals surface area contributed by atoms with Gasteiger partial charge < -0.3 is 4.90 Å². The molecule has 4 rings (SSSR count). The van der Waals surface area contributed by atoms with Gasteiger partial charge in [0, 0.05) is 37.4 Å². The quantitative estimate of drug-likeness (QED) is 0.431. The number of amides is 2. The third-order valence-electron chi connectivity index (χ3n) is 5.99. The highest BCUT2D eigenvalue weighted by molar-refractivity contribution is 6.30. The molecule has 166 valence electrons. The van der Waals surface area contributed by atoms with E-state index in [1.165, 1.54) is 31.5 Å². The van der Waals surface area contributed by atoms with Gasteiger partial charge in [0.1, 0.15) is 0 Å². The number of benzene rings is 3. The lowest BCUT2D eigenvalue weighted by molar-refractivity contribution is 0.200. The van der Waals surface area contributed by atoms with Gasteiger partial charge in [-0.2, -0.15) is 0 Å². The van der Waals surface area contributed by atoms with Gasteiger partial charge in [-0.25, -0.2) is 4.79 Å². The smallest absolute Gasteiger partial charge is 0.316 e. The number of urea groups is 1. The molecule has 1 aliphatic heterocycles. The number of halogens is 1. The molecule has 32 heavy (non-hydrogen) atoms. The third kappa shape index (κ3) is 5.90. The maximum absolute atomic E-state index is 13.4. The molecule has 1 aliphatic rings. The van der Waals surface area contributed by atoms with E-state index in [2.05, 4.69) is 29.2 Å². The monoisotopic (exact) mass is 447 g/mol. The zero-order valence-electron chi connectivity index (χ0n) is 18.6. The highest BCUT2D eigenvalue weighted by Gasteiger charge is 2.20. The first kappa shape index (κ1) is 22.4. The zero-order chi connectivity index (χ0) is 22.3. The molecule has 0 spiro atoms. The van der Waals surface area contributed by atoms with E-state index in [9.17, 15) is 4.79 Å². The Morgan fingerprint density at radius 3 is 1.94 bits per heavy atom. The molecule has 0 atom stereocenters. The van der Waals surface area contributed by atoms with E-state index in [1.807, 2.05) is 66.5 Å². The number of nitrogens with zero attached hydrogens (tertiary/aromatic N) is 3. The van der Waals surface area contributed by atoms with Gasteiger partial charge in [-0.3, -0.25) is 9.80 Å². The fourth-order valence-corrected chi connectivity index (χ4v) is 4.27. The first-order chi connectivity index (χ1) is 15.6. The van der Waals surface area contributed by atoms with Crippen LogP contribution < -0.4 is 4.90 Å². The molecule has 0 N–H and O–H groups in total. The van der Waals surface area contributed by atoms with E-state index in [0.29, 0.717) is 18.1 Å². The fraction of sp³-hybridized carbons (Fsp3) is 0.296. The summed E-state index contributed by atoms with van der Waals surface area (Å²) in [5.41, 5.74) is 4.38. The van der Waals surface area contributed by atoms with Crippen molar-refractivity contribution in [3.05, 3.63) is 101 Å². The van der Waals surface area contributed by atoms with E-state index in [0.717, 1.165) is 23.4 Å². The molecule has 0 saturated carbocycles. The minimum absolute atomic E-state index is 0.0349. The van der Waals surface area contributed by atoms with E-state index >= 15 is 0 Å². The number of rotatable bonds is 7. The highest BCUT2D eigenvalue weighted by Crippen LogP contribution is 2.20. The summed E-state index contributed by atoms with van der Waals surface area (Å²) in [6.07, 6.45) is 2.60. The number of hydrogen-bond acceptors (Lipinski definition) is 2. The summed E-state index contributed by atoms with van der Waals surface area (Å²) < 4.78 is 0. The van der Waals surface area contributed by atoms with Crippen molar-refractivity contribution in [2.24, 2.45) is 0 Å². The summed E-state index contributed by atoms with van der Waals surface area (Å²) in [5, 5.41) is 0.696. The van der Waals surface area contributed by atoms with Crippen molar-refractivity contribution in [1.82, 2.24) is 9.80 Å². The molecule has 3 aromatic rings. The minimum atomic E-state index is -0.0349. The average Bonchev–Trinajstić information content (AvgIpc) is 3.34. The van der Waals surface area contributed by atoms with Crippen LogP contribution in [0.4, 0.5) is 10.5 Å². The maximum atomic E-state index is 13.4. The van der Waals surface area contributed by atoms with Crippen LogP contribution in [-0.2, 0) is 19.6 Å². The average molecular weight is 448 g/mol. The van der Waals surface area contributed by atoms with E-state index in [-0.39, 0.29) is 6.03 Å². The molecule has 1 fully saturated rings. The second-order valence-corrected chi connectivity index (χ2v) is 8.90. The SMILES string of the molecule is CN(C(=O)N(Cc1ccc(Cl)cc1)Cc1ccc(CN2CCCC2)cc1)c1ccccc1. The molecule has 2 amide bonds. The van der Waals surface area contributed by atoms with Gasteiger partial charge in [0.05, 0.1) is 0 Å². The summed E-state index contributed by atoms with van der Waals surface area (Å²) in [6.45, 7) is 4.45. The van der Waals surface area contributed by atoms with Gasteiger partial charge in [-0.15, -0.1) is 0 Å². The van der Waals surface area contributed by atoms with Crippen LogP contribution in [0.2, 0.25) is 5.02 Å². The lowest BCUT2D eigenvalue weighted by Crippen LogP contribution is -2.40. The van der Waals surface area contributed by atoms with Crippen LogP contribution in [0.3, 0.4) is 0 Å². The van der Waals surface area contributed by atoms with Crippen molar-refractivity contribution in [1.29, 1.82) is 0 Å². The molecule has 4 nitrogen and oxygen atoms in total. The molecule has 5 heteroatoms. The number of carbonyl (C=O) groups excluding carboxylic acids is 1. The second kappa shape index (κ2) is 10.7. The summed E-state index contributed by atoms with van der Waals surface area (Å²) in [5.74, 6) is 0. The van der Waals surface area contributed by atoms with Crippen molar-refractivity contribution < 1.29 is 4.79 Å². The topological polar surface area (TPSA) is 26.8 Å². The van der Waals surface area contributed by atoms with E-state index in [1.54, 1.807) is 4.90 Å². The fourth-order valence-electron chi connectivity index (χ4n) is 4.14. The van der Waals surface area contributed by atoms with Crippen molar-refractivity contribution in [2.45, 2.75) is 32.5 Å². The Morgan fingerprint density at radius 1 is 0.812 bits per heavy atom. The largest absolute Gasteiger partial charge is 0.324 e. The number of para-hydroxylation sites is 1. The first-order valence-corrected chi connectivity index (χ1v) is 11.6. The normalized spacial score (nSPS) is 13.8. The Labute approximate surface area is 196 Å². The van der Waals surface area contributed by atoms with Gasteiger partial charge in [-0.05, 0) is 66.9 Å². The summed E-state index contributed by atoms with van der Waals surface area (Å²) in [4.78, 5) is 19.5. The Bertz CT molecular complexity index is 999. The standard InChI is InChI=1S/C27H30ClN3O/c1-29(26-7-3-2-4-8-26)27(32)31(21-24-13-15-25(28)16-14-24)20-23-11-9-22(10-12-23)19-30-17-5-6-18-30/h2-4,7-16H,5-6,17-21H2,1H3.